The van der Waals surface area contributed by atoms with Crippen LogP contribution in [0.2, 0.25) is 0 Å². The highest BCUT2D eigenvalue weighted by molar-refractivity contribution is 5.82. The van der Waals surface area contributed by atoms with E-state index in [-0.39, 0.29) is 5.91 Å². The van der Waals surface area contributed by atoms with Crippen LogP contribution < -0.4 is 15.0 Å². The first-order valence-electron chi connectivity index (χ1n) is 9.02. The third-order valence-corrected chi connectivity index (χ3v) is 4.92. The number of rotatable bonds is 4. The molecule has 1 aromatic heterocycles. The molecule has 2 aliphatic heterocycles. The van der Waals surface area contributed by atoms with Gasteiger partial charge in [0.15, 0.2) is 6.10 Å². The Morgan fingerprint density at radius 2 is 2.00 bits per heavy atom. The Morgan fingerprint density at radius 1 is 1.16 bits per heavy atom. The van der Waals surface area contributed by atoms with Gasteiger partial charge in [0, 0.05) is 37.8 Å². The Labute approximate surface area is 148 Å². The topological polar surface area (TPSA) is 54.5 Å². The van der Waals surface area contributed by atoms with Gasteiger partial charge in [0.25, 0.3) is 5.91 Å². The molecule has 2 aromatic rings. The van der Waals surface area contributed by atoms with E-state index in [4.69, 9.17) is 4.74 Å². The molecule has 130 valence electrons. The van der Waals surface area contributed by atoms with E-state index in [9.17, 15) is 4.79 Å². The lowest BCUT2D eigenvalue weighted by atomic mass is 10.1. The summed E-state index contributed by atoms with van der Waals surface area (Å²) in [6, 6.07) is 11.8. The van der Waals surface area contributed by atoms with Crippen LogP contribution in [0, 0.1) is 0 Å². The number of amides is 1. The number of piperidine rings is 1. The van der Waals surface area contributed by atoms with Gasteiger partial charge in [0.05, 0.1) is 0 Å². The third kappa shape index (κ3) is 3.45. The molecule has 1 N–H and O–H groups in total. The molecule has 5 heteroatoms. The summed E-state index contributed by atoms with van der Waals surface area (Å²) in [5, 5.41) is 3.02. The summed E-state index contributed by atoms with van der Waals surface area (Å²) in [5.74, 6) is 1.75. The minimum atomic E-state index is -0.437. The van der Waals surface area contributed by atoms with Gasteiger partial charge in [-0.1, -0.05) is 24.3 Å². The molecule has 0 spiro atoms. The Hall–Kier alpha value is -2.56. The summed E-state index contributed by atoms with van der Waals surface area (Å²) in [7, 11) is 0. The molecular formula is C20H23N3O2. The summed E-state index contributed by atoms with van der Waals surface area (Å²) in [6.07, 6.45) is 5.72. The lowest BCUT2D eigenvalue weighted by Gasteiger charge is -2.29. The Balaban J connectivity index is 1.39. The van der Waals surface area contributed by atoms with Crippen molar-refractivity contribution in [2.75, 3.05) is 18.0 Å². The van der Waals surface area contributed by atoms with E-state index in [0.717, 1.165) is 35.8 Å². The van der Waals surface area contributed by atoms with E-state index in [0.29, 0.717) is 13.0 Å². The maximum Gasteiger partial charge on any atom is 0.261 e. The van der Waals surface area contributed by atoms with Crippen molar-refractivity contribution in [2.45, 2.75) is 38.3 Å². The number of nitrogens with zero attached hydrogens (tertiary/aromatic N) is 2. The highest BCUT2D eigenvalue weighted by Gasteiger charge is 2.28. The van der Waals surface area contributed by atoms with Crippen molar-refractivity contribution in [3.63, 3.8) is 0 Å². The van der Waals surface area contributed by atoms with Crippen LogP contribution in [0.3, 0.4) is 0 Å². The molecule has 4 rings (SSSR count). The fourth-order valence-electron chi connectivity index (χ4n) is 3.58. The minimum absolute atomic E-state index is 0.0651. The average Bonchev–Trinajstić information content (AvgIpc) is 3.11. The minimum Gasteiger partial charge on any atom is -0.480 e. The molecule has 1 atom stereocenters. The molecule has 25 heavy (non-hydrogen) atoms. The van der Waals surface area contributed by atoms with Crippen LogP contribution in [0.4, 0.5) is 5.82 Å². The van der Waals surface area contributed by atoms with Gasteiger partial charge in [0.1, 0.15) is 11.6 Å². The highest BCUT2D eigenvalue weighted by Crippen LogP contribution is 2.28. The normalized spacial score (nSPS) is 19.2. The number of aromatic nitrogens is 1. The van der Waals surface area contributed by atoms with Crippen LogP contribution >= 0.6 is 0 Å². The maximum absolute atomic E-state index is 12.5. The highest BCUT2D eigenvalue weighted by atomic mass is 16.5. The third-order valence-electron chi connectivity index (χ3n) is 4.92. The predicted octanol–water partition coefficient (Wildman–Crippen LogP) is 2.69. The first-order valence-corrected chi connectivity index (χ1v) is 9.02. The first-order chi connectivity index (χ1) is 12.3. The number of nitrogens with one attached hydrogen (secondary N) is 1. The SMILES string of the molecule is O=C(NCc1cccnc1N1CCCCC1)C1Cc2ccccc2O1. The van der Waals surface area contributed by atoms with E-state index < -0.39 is 6.10 Å². The monoisotopic (exact) mass is 337 g/mol. The molecule has 5 nitrogen and oxygen atoms in total. The Kier molecular flexibility index (Phi) is 4.55. The maximum atomic E-state index is 12.5. The van der Waals surface area contributed by atoms with E-state index in [1.54, 1.807) is 0 Å². The number of hydrogen-bond acceptors (Lipinski definition) is 4. The first kappa shape index (κ1) is 15.9. The largest absolute Gasteiger partial charge is 0.480 e. The van der Waals surface area contributed by atoms with Gasteiger partial charge in [-0.3, -0.25) is 4.79 Å². The molecule has 1 saturated heterocycles. The summed E-state index contributed by atoms with van der Waals surface area (Å²) < 4.78 is 5.77. The second-order valence-electron chi connectivity index (χ2n) is 6.67. The number of carbonyl (C=O) groups is 1. The van der Waals surface area contributed by atoms with Crippen molar-refractivity contribution in [3.8, 4) is 5.75 Å². The number of fused-ring (bicyclic) bond motifs is 1. The van der Waals surface area contributed by atoms with Crippen molar-refractivity contribution in [3.05, 3.63) is 53.7 Å². The fourth-order valence-corrected chi connectivity index (χ4v) is 3.58. The van der Waals surface area contributed by atoms with Gasteiger partial charge in [-0.05, 0) is 37.0 Å². The summed E-state index contributed by atoms with van der Waals surface area (Å²) in [4.78, 5) is 19.4. The smallest absolute Gasteiger partial charge is 0.261 e. The molecule has 1 unspecified atom stereocenters. The summed E-state index contributed by atoms with van der Waals surface area (Å²) >= 11 is 0. The fraction of sp³-hybridized carbons (Fsp3) is 0.400. The number of carbonyl (C=O) groups excluding carboxylic acids is 1. The molecule has 0 radical (unpaired) electrons. The van der Waals surface area contributed by atoms with Crippen molar-refractivity contribution < 1.29 is 9.53 Å². The van der Waals surface area contributed by atoms with E-state index in [1.165, 1.54) is 19.3 Å². The molecule has 0 saturated carbocycles. The molecule has 0 aliphatic carbocycles. The van der Waals surface area contributed by atoms with Crippen LogP contribution in [-0.4, -0.2) is 30.1 Å². The zero-order valence-corrected chi connectivity index (χ0v) is 14.3. The Bertz CT molecular complexity index is 731. The van der Waals surface area contributed by atoms with E-state index >= 15 is 0 Å². The van der Waals surface area contributed by atoms with Crippen molar-refractivity contribution in [1.82, 2.24) is 10.3 Å². The van der Waals surface area contributed by atoms with Gasteiger partial charge in [0.2, 0.25) is 0 Å². The van der Waals surface area contributed by atoms with Crippen molar-refractivity contribution >= 4 is 11.7 Å². The molecule has 0 bridgehead atoms. The van der Waals surface area contributed by atoms with Crippen LogP contribution in [0.5, 0.6) is 5.75 Å². The summed E-state index contributed by atoms with van der Waals surface area (Å²) in [5.41, 5.74) is 2.16. The lowest BCUT2D eigenvalue weighted by Crippen LogP contribution is -2.38. The molecule has 2 aliphatic rings. The van der Waals surface area contributed by atoms with Gasteiger partial charge in [-0.15, -0.1) is 0 Å². The van der Waals surface area contributed by atoms with Crippen LogP contribution in [0.1, 0.15) is 30.4 Å². The average molecular weight is 337 g/mol. The van der Waals surface area contributed by atoms with Crippen LogP contribution in [0.25, 0.3) is 0 Å². The van der Waals surface area contributed by atoms with Gasteiger partial charge in [-0.2, -0.15) is 0 Å². The predicted molar refractivity (Wildman–Crippen MR) is 96.7 cm³/mol. The second kappa shape index (κ2) is 7.13. The van der Waals surface area contributed by atoms with Gasteiger partial charge >= 0.3 is 0 Å². The lowest BCUT2D eigenvalue weighted by molar-refractivity contribution is -0.127. The number of para-hydroxylation sites is 1. The van der Waals surface area contributed by atoms with Crippen molar-refractivity contribution in [1.29, 1.82) is 0 Å². The quantitative estimate of drug-likeness (QED) is 0.932. The standard InChI is InChI=1S/C20H23N3O2/c24-20(18-13-15-7-2-3-9-17(15)25-18)22-14-16-8-6-10-21-19(16)23-11-4-1-5-12-23/h2-3,6-10,18H,1,4-5,11-14H2,(H,22,24). The number of benzene rings is 1. The number of pyridine rings is 1. The molecule has 3 heterocycles. The summed E-state index contributed by atoms with van der Waals surface area (Å²) in [6.45, 7) is 2.56. The van der Waals surface area contributed by atoms with Gasteiger partial charge < -0.3 is 15.0 Å². The molecule has 1 amide bonds. The zero-order valence-electron chi connectivity index (χ0n) is 14.3. The van der Waals surface area contributed by atoms with Crippen molar-refractivity contribution in [2.24, 2.45) is 0 Å². The van der Waals surface area contributed by atoms with E-state index in [1.807, 2.05) is 42.6 Å². The van der Waals surface area contributed by atoms with Crippen LogP contribution in [0.15, 0.2) is 42.6 Å². The van der Waals surface area contributed by atoms with Gasteiger partial charge in [-0.25, -0.2) is 4.98 Å². The van der Waals surface area contributed by atoms with Crippen LogP contribution in [-0.2, 0) is 17.8 Å². The van der Waals surface area contributed by atoms with E-state index in [2.05, 4.69) is 15.2 Å². The molecular weight excluding hydrogens is 314 g/mol. The number of ether oxygens (including phenoxy) is 1. The molecule has 1 aromatic carbocycles. The second-order valence-corrected chi connectivity index (χ2v) is 6.67. The Morgan fingerprint density at radius 3 is 2.84 bits per heavy atom. The number of anilines is 1. The molecule has 1 fully saturated rings. The number of hydrogen-bond donors (Lipinski definition) is 1. The zero-order chi connectivity index (χ0) is 17.1.